The summed E-state index contributed by atoms with van der Waals surface area (Å²) in [7, 11) is 0. The minimum absolute atomic E-state index is 0.230. The van der Waals surface area contributed by atoms with Gasteiger partial charge in [0.2, 0.25) is 5.91 Å². The summed E-state index contributed by atoms with van der Waals surface area (Å²) in [6.45, 7) is 2.86. The first-order chi connectivity index (χ1) is 48.1. The maximum absolute atomic E-state index is 13.4. The van der Waals surface area contributed by atoms with Crippen LogP contribution in [0.25, 0.3) is 0 Å². The van der Waals surface area contributed by atoms with Gasteiger partial charge < -0.3 is 65.1 Å². The van der Waals surface area contributed by atoms with Crippen molar-refractivity contribution < 1.29 is 64.6 Å². The Kier molecular flexibility index (Phi) is 64.3. The second-order valence-corrected chi connectivity index (χ2v) is 30.0. The number of carbonyl (C=O) groups is 1. The van der Waals surface area contributed by atoms with Crippen LogP contribution < -0.4 is 5.32 Å². The van der Waals surface area contributed by atoms with Crippen LogP contribution in [0.4, 0.5) is 0 Å². The van der Waals surface area contributed by atoms with Crippen LogP contribution in [-0.4, -0.2) is 140 Å². The number of allylic oxidation sites excluding steroid dienone is 5. The summed E-state index contributed by atoms with van der Waals surface area (Å²) in [6.07, 6.45) is 73.9. The average Bonchev–Trinajstić information content (AvgIpc) is 0.793. The second-order valence-electron chi connectivity index (χ2n) is 30.0. The molecular weight excluding hydrogens is 1230 g/mol. The summed E-state index contributed by atoms with van der Waals surface area (Å²) < 4.78 is 22.9. The number of rotatable bonds is 72. The highest BCUT2D eigenvalue weighted by molar-refractivity contribution is 5.76. The molecule has 2 saturated heterocycles. The molecule has 0 aliphatic carbocycles. The predicted molar refractivity (Wildman–Crippen MR) is 406 cm³/mol. The van der Waals surface area contributed by atoms with Gasteiger partial charge in [0.05, 0.1) is 32.0 Å². The van der Waals surface area contributed by atoms with Gasteiger partial charge in [0, 0.05) is 6.42 Å². The predicted octanol–water partition coefficient (Wildman–Crippen LogP) is 19.6. The number of amides is 1. The molecule has 0 aromatic rings. The number of ether oxygens (including phenoxy) is 4. The zero-order chi connectivity index (χ0) is 70.8. The Balaban J connectivity index is 1.55. The molecule has 9 N–H and O–H groups in total. The molecule has 2 fully saturated rings. The Morgan fingerprint density at radius 3 is 1.02 bits per heavy atom. The van der Waals surface area contributed by atoms with Crippen LogP contribution in [0.1, 0.15) is 399 Å². The van der Waals surface area contributed by atoms with Crippen LogP contribution in [0.3, 0.4) is 0 Å². The fraction of sp³-hybridized carbons (Fsp3) is 0.917. The molecule has 12 unspecified atom stereocenters. The first-order valence-electron chi connectivity index (χ1n) is 42.2. The van der Waals surface area contributed by atoms with Crippen LogP contribution in [0, 0.1) is 0 Å². The standard InChI is InChI=1S/C84H159NO13/c1-3-5-7-9-11-13-15-17-19-21-23-25-27-28-29-30-31-32-33-34-35-36-37-38-39-40-41-42-43-44-46-48-50-52-54-56-58-60-62-64-66-68-76(89)85-72(71-95-83-81(94)79(92)82(75(70-87)97-83)98-84-80(93)78(91)77(90)74(69-86)96-84)73(88)67-65-63-61-59-57-55-53-51-49-47-45-26-24-22-20-18-16-14-12-10-8-6-4-2/h15,17,21,23,65,67,72-75,77-84,86-88,90-94H,3-14,16,18-20,22,24-64,66,68-71H2,1-2H3,(H,85,89)/b17-15-,23-21-,67-65+. The summed E-state index contributed by atoms with van der Waals surface area (Å²) in [5, 5.41) is 87.7. The second kappa shape index (κ2) is 68.3. The van der Waals surface area contributed by atoms with E-state index >= 15 is 0 Å². The first-order valence-corrected chi connectivity index (χ1v) is 42.2. The molecule has 0 aromatic heterocycles. The zero-order valence-electron chi connectivity index (χ0n) is 63.6. The number of nitrogens with one attached hydrogen (secondary N) is 1. The third-order valence-electron chi connectivity index (χ3n) is 20.8. The maximum atomic E-state index is 13.4. The zero-order valence-corrected chi connectivity index (χ0v) is 63.6. The van der Waals surface area contributed by atoms with Gasteiger partial charge in [0.25, 0.3) is 0 Å². The van der Waals surface area contributed by atoms with Gasteiger partial charge in [-0.05, 0) is 51.4 Å². The van der Waals surface area contributed by atoms with E-state index in [1.165, 1.54) is 327 Å². The number of unbranched alkanes of at least 4 members (excludes halogenated alkanes) is 55. The van der Waals surface area contributed by atoms with Gasteiger partial charge in [0.1, 0.15) is 48.8 Å². The number of hydrogen-bond acceptors (Lipinski definition) is 13. The van der Waals surface area contributed by atoms with Crippen molar-refractivity contribution in [2.75, 3.05) is 19.8 Å². The van der Waals surface area contributed by atoms with Gasteiger partial charge in [-0.2, -0.15) is 0 Å². The normalized spacial score (nSPS) is 22.1. The third-order valence-corrected chi connectivity index (χ3v) is 20.8. The molecule has 0 spiro atoms. The van der Waals surface area contributed by atoms with E-state index in [9.17, 15) is 45.6 Å². The quantitative estimate of drug-likeness (QED) is 0.0204. The van der Waals surface area contributed by atoms with E-state index in [2.05, 4.69) is 43.5 Å². The van der Waals surface area contributed by atoms with Crippen LogP contribution in [0.2, 0.25) is 0 Å². The fourth-order valence-electron chi connectivity index (χ4n) is 14.2. The highest BCUT2D eigenvalue weighted by Gasteiger charge is 2.51. The van der Waals surface area contributed by atoms with Gasteiger partial charge in [-0.3, -0.25) is 4.79 Å². The molecule has 2 heterocycles. The fourth-order valence-corrected chi connectivity index (χ4v) is 14.2. The summed E-state index contributed by atoms with van der Waals surface area (Å²) >= 11 is 0. The molecule has 0 radical (unpaired) electrons. The van der Waals surface area contributed by atoms with E-state index in [4.69, 9.17) is 18.9 Å². The SMILES string of the molecule is CCCCCCC/C=C\C/C=C\CCCCCCCCCCCCCCCCCCCCCCCCCCCCCCCC(=O)NC(COC1OC(CO)C(OC2OC(CO)C(O)C(O)C2O)C(O)C1O)C(O)/C=C/CCCCCCCCCCCCCCCCCCCCCCC. The van der Waals surface area contributed by atoms with E-state index < -0.39 is 86.8 Å². The van der Waals surface area contributed by atoms with Crippen molar-refractivity contribution in [3.63, 3.8) is 0 Å². The Morgan fingerprint density at radius 1 is 0.367 bits per heavy atom. The highest BCUT2D eigenvalue weighted by Crippen LogP contribution is 2.30. The van der Waals surface area contributed by atoms with Crippen molar-refractivity contribution in [3.8, 4) is 0 Å². The first kappa shape index (κ1) is 92.3. The lowest BCUT2D eigenvalue weighted by molar-refractivity contribution is -0.359. The molecule has 1 amide bonds. The highest BCUT2D eigenvalue weighted by atomic mass is 16.7. The molecule has 12 atom stereocenters. The van der Waals surface area contributed by atoms with E-state index in [-0.39, 0.29) is 18.9 Å². The lowest BCUT2D eigenvalue weighted by atomic mass is 9.97. The smallest absolute Gasteiger partial charge is 0.220 e. The molecule has 2 aliphatic rings. The van der Waals surface area contributed by atoms with Crippen molar-refractivity contribution in [1.29, 1.82) is 0 Å². The minimum Gasteiger partial charge on any atom is -0.394 e. The Morgan fingerprint density at radius 2 is 0.673 bits per heavy atom. The molecule has 0 aromatic carbocycles. The lowest BCUT2D eigenvalue weighted by Gasteiger charge is -2.46. The van der Waals surface area contributed by atoms with Crippen molar-refractivity contribution >= 4 is 5.91 Å². The molecule has 14 heteroatoms. The van der Waals surface area contributed by atoms with Crippen LogP contribution in [0.5, 0.6) is 0 Å². The molecule has 2 aliphatic heterocycles. The summed E-state index contributed by atoms with van der Waals surface area (Å²) in [5.41, 5.74) is 0. The largest absolute Gasteiger partial charge is 0.394 e. The minimum atomic E-state index is -1.79. The molecule has 0 bridgehead atoms. The van der Waals surface area contributed by atoms with Crippen molar-refractivity contribution in [2.24, 2.45) is 0 Å². The van der Waals surface area contributed by atoms with E-state index in [0.717, 1.165) is 44.9 Å². The summed E-state index contributed by atoms with van der Waals surface area (Å²) in [4.78, 5) is 13.4. The van der Waals surface area contributed by atoms with Crippen LogP contribution in [-0.2, 0) is 23.7 Å². The van der Waals surface area contributed by atoms with Crippen molar-refractivity contribution in [3.05, 3.63) is 36.5 Å². The number of hydrogen-bond donors (Lipinski definition) is 9. The van der Waals surface area contributed by atoms with Gasteiger partial charge >= 0.3 is 0 Å². The van der Waals surface area contributed by atoms with Gasteiger partial charge in [-0.1, -0.05) is 378 Å². The molecule has 14 nitrogen and oxygen atoms in total. The van der Waals surface area contributed by atoms with Crippen LogP contribution >= 0.6 is 0 Å². The average molecular weight is 1390 g/mol. The number of aliphatic hydroxyl groups is 8. The molecule has 2 rings (SSSR count). The topological polar surface area (TPSA) is 228 Å². The third kappa shape index (κ3) is 50.6. The Bertz CT molecular complexity index is 1780. The number of carbonyl (C=O) groups excluding carboxylic acids is 1. The summed E-state index contributed by atoms with van der Waals surface area (Å²) in [5.74, 6) is -0.230. The summed E-state index contributed by atoms with van der Waals surface area (Å²) in [6, 6.07) is -0.914. The number of aliphatic hydroxyl groups excluding tert-OH is 8. The van der Waals surface area contributed by atoms with Crippen molar-refractivity contribution in [2.45, 2.75) is 473 Å². The van der Waals surface area contributed by atoms with E-state index in [1.54, 1.807) is 6.08 Å². The monoisotopic (exact) mass is 1390 g/mol. The molecule has 0 saturated carbocycles. The van der Waals surface area contributed by atoms with Crippen LogP contribution in [0.15, 0.2) is 36.5 Å². The van der Waals surface area contributed by atoms with Gasteiger partial charge in [0.15, 0.2) is 12.6 Å². The Labute approximate surface area is 601 Å². The molecule has 578 valence electrons. The van der Waals surface area contributed by atoms with Gasteiger partial charge in [-0.15, -0.1) is 0 Å². The van der Waals surface area contributed by atoms with Gasteiger partial charge in [-0.25, -0.2) is 0 Å². The maximum Gasteiger partial charge on any atom is 0.220 e. The van der Waals surface area contributed by atoms with Crippen molar-refractivity contribution in [1.82, 2.24) is 5.32 Å². The lowest BCUT2D eigenvalue weighted by Crippen LogP contribution is -2.65. The van der Waals surface area contributed by atoms with E-state index in [0.29, 0.717) is 6.42 Å². The molecule has 98 heavy (non-hydrogen) atoms. The van der Waals surface area contributed by atoms with E-state index in [1.807, 2.05) is 6.08 Å². The molecular formula is C84H159NO13. The Hall–Kier alpha value is -1.79.